The molecule has 2 aliphatic rings. The Morgan fingerprint density at radius 1 is 1.33 bits per heavy atom. The second-order valence-corrected chi connectivity index (χ2v) is 8.61. The molecule has 0 bridgehead atoms. The van der Waals surface area contributed by atoms with Crippen LogP contribution in [0.3, 0.4) is 0 Å². The highest BCUT2D eigenvalue weighted by molar-refractivity contribution is 8.00. The van der Waals surface area contributed by atoms with Gasteiger partial charge in [-0.2, -0.15) is 0 Å². The number of nitrogens with zero attached hydrogens (tertiary/aromatic N) is 1. The van der Waals surface area contributed by atoms with E-state index in [4.69, 9.17) is 11.6 Å². The van der Waals surface area contributed by atoms with Gasteiger partial charge in [0.05, 0.1) is 17.5 Å². The predicted molar refractivity (Wildman–Crippen MR) is 105 cm³/mol. The highest BCUT2D eigenvalue weighted by Crippen LogP contribution is 2.37. The van der Waals surface area contributed by atoms with E-state index in [2.05, 4.69) is 5.32 Å². The van der Waals surface area contributed by atoms with Gasteiger partial charge < -0.3 is 10.2 Å². The molecule has 1 saturated carbocycles. The van der Waals surface area contributed by atoms with E-state index < -0.39 is 5.82 Å². The lowest BCUT2D eigenvalue weighted by molar-refractivity contribution is -0.115. The van der Waals surface area contributed by atoms with Crippen LogP contribution < -0.4 is 5.32 Å². The maximum absolute atomic E-state index is 14.2. The fourth-order valence-electron chi connectivity index (χ4n) is 3.11. The summed E-state index contributed by atoms with van der Waals surface area (Å²) in [4.78, 5) is 27.7. The lowest BCUT2D eigenvalue weighted by Crippen LogP contribution is -2.33. The number of hydrogen-bond donors (Lipinski definition) is 1. The quantitative estimate of drug-likeness (QED) is 0.802. The molecule has 1 N–H and O–H groups in total. The molecule has 1 fully saturated rings. The summed E-state index contributed by atoms with van der Waals surface area (Å²) in [5.41, 5.74) is 1.45. The Labute approximate surface area is 166 Å². The van der Waals surface area contributed by atoms with E-state index in [0.717, 1.165) is 17.7 Å². The molecule has 2 aromatic carbocycles. The lowest BCUT2D eigenvalue weighted by atomic mass is 10.1. The van der Waals surface area contributed by atoms with Crippen molar-refractivity contribution >= 4 is 40.9 Å². The van der Waals surface area contributed by atoms with Crippen molar-refractivity contribution in [3.8, 4) is 0 Å². The molecule has 1 aliphatic carbocycles. The summed E-state index contributed by atoms with van der Waals surface area (Å²) in [6.07, 6.45) is 1.79. The van der Waals surface area contributed by atoms with E-state index in [9.17, 15) is 14.0 Å². The zero-order chi connectivity index (χ0) is 19.1. The number of benzene rings is 2. The van der Waals surface area contributed by atoms with Gasteiger partial charge in [0.25, 0.3) is 5.91 Å². The van der Waals surface area contributed by atoms with Gasteiger partial charge in [-0.3, -0.25) is 9.59 Å². The summed E-state index contributed by atoms with van der Waals surface area (Å²) in [7, 11) is 0. The lowest BCUT2D eigenvalue weighted by Gasteiger charge is -2.25. The van der Waals surface area contributed by atoms with E-state index in [0.29, 0.717) is 21.8 Å². The van der Waals surface area contributed by atoms with Crippen molar-refractivity contribution in [3.05, 3.63) is 58.4 Å². The summed E-state index contributed by atoms with van der Waals surface area (Å²) in [5, 5.41) is 3.00. The molecule has 0 saturated heterocycles. The molecule has 2 amide bonds. The first-order valence-electron chi connectivity index (χ1n) is 8.79. The molecular weight excluding hydrogens is 387 g/mol. The van der Waals surface area contributed by atoms with Crippen LogP contribution in [0, 0.1) is 5.82 Å². The number of amides is 2. The third kappa shape index (κ3) is 3.69. The Bertz CT molecular complexity index is 912. The van der Waals surface area contributed by atoms with Crippen LogP contribution in [0.1, 0.15) is 35.7 Å². The standard InChI is InChI=1S/C20H18ClFN2O2S/c1-11-19(25)23-17-9-12(5-8-18(17)27-11)20(26)24(13-6-7-13)10-14-15(21)3-2-4-16(14)22/h2-5,8-9,11,13H,6-7,10H2,1H3,(H,23,25). The highest BCUT2D eigenvalue weighted by atomic mass is 35.5. The van der Waals surface area contributed by atoms with E-state index in [1.54, 1.807) is 29.2 Å². The van der Waals surface area contributed by atoms with Crippen molar-refractivity contribution in [1.82, 2.24) is 4.90 Å². The molecule has 140 valence electrons. The maximum Gasteiger partial charge on any atom is 0.254 e. The zero-order valence-electron chi connectivity index (χ0n) is 14.7. The van der Waals surface area contributed by atoms with E-state index >= 15 is 0 Å². The Morgan fingerprint density at radius 2 is 2.11 bits per heavy atom. The molecule has 2 aromatic rings. The van der Waals surface area contributed by atoms with E-state index in [1.807, 2.05) is 13.0 Å². The van der Waals surface area contributed by atoms with Crippen molar-refractivity contribution in [3.63, 3.8) is 0 Å². The van der Waals surface area contributed by atoms with E-state index in [-0.39, 0.29) is 29.7 Å². The van der Waals surface area contributed by atoms with Gasteiger partial charge in [0.2, 0.25) is 5.91 Å². The first-order valence-corrected chi connectivity index (χ1v) is 10.0. The zero-order valence-corrected chi connectivity index (χ0v) is 16.2. The molecule has 0 radical (unpaired) electrons. The number of carbonyl (C=O) groups is 2. The van der Waals surface area contributed by atoms with Crippen molar-refractivity contribution in [2.24, 2.45) is 0 Å². The van der Waals surface area contributed by atoms with Crippen molar-refractivity contribution in [2.75, 3.05) is 5.32 Å². The van der Waals surface area contributed by atoms with Crippen LogP contribution >= 0.6 is 23.4 Å². The van der Waals surface area contributed by atoms with Gasteiger partial charge in [-0.15, -0.1) is 11.8 Å². The molecule has 1 aliphatic heterocycles. The fourth-order valence-corrected chi connectivity index (χ4v) is 4.27. The molecule has 7 heteroatoms. The van der Waals surface area contributed by atoms with Gasteiger partial charge in [-0.25, -0.2) is 4.39 Å². The summed E-state index contributed by atoms with van der Waals surface area (Å²) >= 11 is 7.62. The van der Waals surface area contributed by atoms with Crippen LogP contribution in [0.15, 0.2) is 41.3 Å². The number of fused-ring (bicyclic) bond motifs is 1. The molecule has 1 atom stereocenters. The fraction of sp³-hybridized carbons (Fsp3) is 0.300. The topological polar surface area (TPSA) is 49.4 Å². The van der Waals surface area contributed by atoms with Crippen LogP contribution in [-0.4, -0.2) is 28.0 Å². The minimum absolute atomic E-state index is 0.0747. The number of carbonyl (C=O) groups excluding carboxylic acids is 2. The first-order chi connectivity index (χ1) is 12.9. The summed E-state index contributed by atoms with van der Waals surface area (Å²) < 4.78 is 14.2. The minimum Gasteiger partial charge on any atom is -0.331 e. The van der Waals surface area contributed by atoms with Gasteiger partial charge in [0.1, 0.15) is 5.82 Å². The van der Waals surface area contributed by atoms with Crippen LogP contribution in [0.2, 0.25) is 5.02 Å². The SMILES string of the molecule is CC1Sc2ccc(C(=O)N(Cc3c(F)cccc3Cl)C3CC3)cc2NC1=O. The van der Waals surface area contributed by atoms with Gasteiger partial charge in [0.15, 0.2) is 0 Å². The first kappa shape index (κ1) is 18.3. The van der Waals surface area contributed by atoms with Gasteiger partial charge in [-0.1, -0.05) is 17.7 Å². The molecular formula is C20H18ClFN2O2S. The van der Waals surface area contributed by atoms with Gasteiger partial charge >= 0.3 is 0 Å². The average Bonchev–Trinajstić information content (AvgIpc) is 3.47. The number of rotatable bonds is 4. The number of halogens is 2. The molecule has 1 unspecified atom stereocenters. The average molecular weight is 405 g/mol. The van der Waals surface area contributed by atoms with E-state index in [1.165, 1.54) is 17.8 Å². The molecule has 4 rings (SSSR count). The predicted octanol–water partition coefficient (Wildman–Crippen LogP) is 4.72. The molecule has 4 nitrogen and oxygen atoms in total. The largest absolute Gasteiger partial charge is 0.331 e. The molecule has 1 heterocycles. The van der Waals surface area contributed by atoms with Crippen molar-refractivity contribution < 1.29 is 14.0 Å². The summed E-state index contributed by atoms with van der Waals surface area (Å²) in [6, 6.07) is 9.93. The highest BCUT2D eigenvalue weighted by Gasteiger charge is 2.34. The molecule has 0 aromatic heterocycles. The Hall–Kier alpha value is -2.05. The Morgan fingerprint density at radius 3 is 2.81 bits per heavy atom. The number of thioether (sulfide) groups is 1. The number of anilines is 1. The number of nitrogens with one attached hydrogen (secondary N) is 1. The van der Waals surface area contributed by atoms with Gasteiger partial charge in [-0.05, 0) is 50.1 Å². The second-order valence-electron chi connectivity index (χ2n) is 6.82. The maximum atomic E-state index is 14.2. The Balaban J connectivity index is 1.62. The third-order valence-electron chi connectivity index (χ3n) is 4.80. The second kappa shape index (κ2) is 7.17. The van der Waals surface area contributed by atoms with Crippen LogP contribution in [0.25, 0.3) is 0 Å². The van der Waals surface area contributed by atoms with Crippen LogP contribution in [0.4, 0.5) is 10.1 Å². The number of hydrogen-bond acceptors (Lipinski definition) is 3. The normalized spacial score (nSPS) is 18.6. The van der Waals surface area contributed by atoms with Crippen LogP contribution in [-0.2, 0) is 11.3 Å². The summed E-state index contributed by atoms with van der Waals surface area (Å²) in [6.45, 7) is 1.97. The summed E-state index contributed by atoms with van der Waals surface area (Å²) in [5.74, 6) is -0.671. The molecule has 0 spiro atoms. The van der Waals surface area contributed by atoms with Crippen molar-refractivity contribution in [1.29, 1.82) is 0 Å². The Kier molecular flexibility index (Phi) is 4.86. The third-order valence-corrected chi connectivity index (χ3v) is 6.33. The smallest absolute Gasteiger partial charge is 0.254 e. The molecule has 27 heavy (non-hydrogen) atoms. The monoisotopic (exact) mass is 404 g/mol. The van der Waals surface area contributed by atoms with Crippen LogP contribution in [0.5, 0.6) is 0 Å². The van der Waals surface area contributed by atoms with Gasteiger partial charge in [0, 0.05) is 27.1 Å². The van der Waals surface area contributed by atoms with Crippen molar-refractivity contribution in [2.45, 2.75) is 42.5 Å². The minimum atomic E-state index is -0.413.